The Balaban J connectivity index is 2.07. The van der Waals surface area contributed by atoms with Crippen LogP contribution in [0.2, 0.25) is 5.15 Å². The van der Waals surface area contributed by atoms with Gasteiger partial charge in [-0.05, 0) is 19.1 Å². The molecule has 21 heavy (non-hydrogen) atoms. The number of carbonyl (C=O) groups excluding carboxylic acids is 1. The minimum absolute atomic E-state index is 0.0895. The molecule has 1 aliphatic rings. The van der Waals surface area contributed by atoms with E-state index >= 15 is 0 Å². The quantitative estimate of drug-likeness (QED) is 0.675. The number of carbonyl (C=O) groups is 2. The van der Waals surface area contributed by atoms with Crippen LogP contribution in [-0.2, 0) is 4.74 Å². The molecular weight excluding hydrogens is 298 g/mol. The second kappa shape index (κ2) is 6.62. The fraction of sp³-hybridized carbons (Fsp3) is 0.462. The fourth-order valence-corrected chi connectivity index (χ4v) is 2.32. The molecule has 1 fully saturated rings. The summed E-state index contributed by atoms with van der Waals surface area (Å²) in [7, 11) is 0. The van der Waals surface area contributed by atoms with Gasteiger partial charge in [0.25, 0.3) is 0 Å². The smallest absolute Gasteiger partial charge is 0.407 e. The first-order valence-corrected chi connectivity index (χ1v) is 6.97. The lowest BCUT2D eigenvalue weighted by atomic mass is 10.2. The van der Waals surface area contributed by atoms with E-state index in [-0.39, 0.29) is 17.3 Å². The number of carboxylic acid groups (broad SMARTS) is 1. The molecule has 0 unspecified atom stereocenters. The van der Waals surface area contributed by atoms with Gasteiger partial charge in [0.1, 0.15) is 11.0 Å². The number of ether oxygens (including phenoxy) is 1. The van der Waals surface area contributed by atoms with Gasteiger partial charge in [0.15, 0.2) is 0 Å². The Hall–Kier alpha value is -2.02. The summed E-state index contributed by atoms with van der Waals surface area (Å²) in [6.45, 7) is 3.88. The van der Waals surface area contributed by atoms with Gasteiger partial charge in [-0.2, -0.15) is 0 Å². The highest BCUT2D eigenvalue weighted by atomic mass is 35.5. The third-order valence-electron chi connectivity index (χ3n) is 3.20. The number of piperazine rings is 1. The van der Waals surface area contributed by atoms with Gasteiger partial charge in [-0.25, -0.2) is 14.6 Å². The first-order valence-electron chi connectivity index (χ1n) is 6.59. The van der Waals surface area contributed by atoms with Crippen LogP contribution in [0, 0.1) is 0 Å². The number of pyridine rings is 1. The van der Waals surface area contributed by atoms with E-state index in [1.165, 1.54) is 4.90 Å². The summed E-state index contributed by atoms with van der Waals surface area (Å²) in [5.74, 6) is 0.121. The Kier molecular flexibility index (Phi) is 4.85. The lowest BCUT2D eigenvalue weighted by Crippen LogP contribution is -2.48. The highest BCUT2D eigenvalue weighted by Crippen LogP contribution is 2.21. The molecular formula is C13H16ClN3O4. The molecule has 1 aromatic rings. The molecule has 8 heteroatoms. The number of nitrogens with zero attached hydrogens (tertiary/aromatic N) is 3. The molecule has 0 saturated carbocycles. The van der Waals surface area contributed by atoms with Crippen molar-refractivity contribution in [3.8, 4) is 0 Å². The maximum absolute atomic E-state index is 11.6. The van der Waals surface area contributed by atoms with Gasteiger partial charge in [-0.1, -0.05) is 11.6 Å². The number of rotatable bonds is 3. The maximum atomic E-state index is 11.6. The predicted molar refractivity (Wildman–Crippen MR) is 77.0 cm³/mol. The molecule has 0 aromatic carbocycles. The summed E-state index contributed by atoms with van der Waals surface area (Å²) < 4.78 is 4.89. The van der Waals surface area contributed by atoms with Crippen molar-refractivity contribution in [2.45, 2.75) is 6.92 Å². The van der Waals surface area contributed by atoms with Crippen LogP contribution in [0.15, 0.2) is 12.1 Å². The fourth-order valence-electron chi connectivity index (χ4n) is 2.09. The second-order valence-electron chi connectivity index (χ2n) is 4.48. The van der Waals surface area contributed by atoms with Crippen LogP contribution in [0.5, 0.6) is 0 Å². The van der Waals surface area contributed by atoms with E-state index in [1.807, 2.05) is 4.90 Å². The summed E-state index contributed by atoms with van der Waals surface area (Å²) in [6.07, 6.45) is -0.918. The lowest BCUT2D eigenvalue weighted by molar-refractivity contribution is 0.0526. The molecule has 1 N–H and O–H groups in total. The molecule has 1 aliphatic heterocycles. The van der Waals surface area contributed by atoms with Crippen LogP contribution in [0.25, 0.3) is 0 Å². The Morgan fingerprint density at radius 1 is 1.33 bits per heavy atom. The van der Waals surface area contributed by atoms with E-state index in [0.29, 0.717) is 32.0 Å². The van der Waals surface area contributed by atoms with E-state index in [0.717, 1.165) is 0 Å². The Morgan fingerprint density at radius 2 is 2.00 bits per heavy atom. The molecule has 0 aliphatic carbocycles. The molecule has 0 radical (unpaired) electrons. The van der Waals surface area contributed by atoms with Gasteiger partial charge >= 0.3 is 12.1 Å². The Morgan fingerprint density at radius 3 is 2.52 bits per heavy atom. The number of halogens is 1. The number of anilines is 1. The van der Waals surface area contributed by atoms with Crippen molar-refractivity contribution in [2.75, 3.05) is 37.7 Å². The minimum Gasteiger partial charge on any atom is -0.465 e. The van der Waals surface area contributed by atoms with Crippen LogP contribution in [0.1, 0.15) is 17.3 Å². The van der Waals surface area contributed by atoms with Crippen molar-refractivity contribution in [2.24, 2.45) is 0 Å². The van der Waals surface area contributed by atoms with Crippen molar-refractivity contribution >= 4 is 29.5 Å². The molecule has 1 amide bonds. The topological polar surface area (TPSA) is 83.0 Å². The Labute approximate surface area is 127 Å². The van der Waals surface area contributed by atoms with Crippen LogP contribution in [0.4, 0.5) is 10.6 Å². The standard InChI is InChI=1S/C13H16ClN3O4/c1-2-21-12(18)9-3-4-10(15-11(9)14)16-5-7-17(8-6-16)13(19)20/h3-4H,2,5-8H2,1H3,(H,19,20). The summed E-state index contributed by atoms with van der Waals surface area (Å²) in [5.41, 5.74) is 0.228. The molecule has 114 valence electrons. The maximum Gasteiger partial charge on any atom is 0.407 e. The third kappa shape index (κ3) is 3.55. The van der Waals surface area contributed by atoms with E-state index in [4.69, 9.17) is 21.4 Å². The minimum atomic E-state index is -0.918. The van der Waals surface area contributed by atoms with Crippen molar-refractivity contribution in [3.05, 3.63) is 22.8 Å². The van der Waals surface area contributed by atoms with Gasteiger partial charge in [0.2, 0.25) is 0 Å². The molecule has 2 rings (SSSR count). The zero-order valence-electron chi connectivity index (χ0n) is 11.6. The third-order valence-corrected chi connectivity index (χ3v) is 3.49. The summed E-state index contributed by atoms with van der Waals surface area (Å²) in [4.78, 5) is 30.0. The monoisotopic (exact) mass is 313 g/mol. The normalized spacial score (nSPS) is 15.0. The van der Waals surface area contributed by atoms with Crippen LogP contribution >= 0.6 is 11.6 Å². The predicted octanol–water partition coefficient (Wildman–Crippen LogP) is 1.71. The molecule has 1 saturated heterocycles. The summed E-state index contributed by atoms with van der Waals surface area (Å²) >= 11 is 6.02. The average molecular weight is 314 g/mol. The lowest BCUT2D eigenvalue weighted by Gasteiger charge is -2.33. The van der Waals surface area contributed by atoms with E-state index in [1.54, 1.807) is 19.1 Å². The van der Waals surface area contributed by atoms with E-state index < -0.39 is 12.1 Å². The highest BCUT2D eigenvalue weighted by molar-refractivity contribution is 6.32. The second-order valence-corrected chi connectivity index (χ2v) is 4.84. The average Bonchev–Trinajstić information content (AvgIpc) is 2.47. The molecule has 0 atom stereocenters. The zero-order chi connectivity index (χ0) is 15.4. The van der Waals surface area contributed by atoms with Gasteiger partial charge in [0.05, 0.1) is 12.2 Å². The SMILES string of the molecule is CCOC(=O)c1ccc(N2CCN(C(=O)O)CC2)nc1Cl. The van der Waals surface area contributed by atoms with Gasteiger partial charge < -0.3 is 19.6 Å². The number of esters is 1. The Bertz CT molecular complexity index is 544. The van der Waals surface area contributed by atoms with Gasteiger partial charge in [-0.3, -0.25) is 0 Å². The van der Waals surface area contributed by atoms with Crippen LogP contribution < -0.4 is 4.90 Å². The first kappa shape index (κ1) is 15.4. The largest absolute Gasteiger partial charge is 0.465 e. The van der Waals surface area contributed by atoms with Gasteiger partial charge in [0, 0.05) is 26.2 Å². The summed E-state index contributed by atoms with van der Waals surface area (Å²) in [6, 6.07) is 3.26. The summed E-state index contributed by atoms with van der Waals surface area (Å²) in [5, 5.41) is 9.00. The number of aromatic nitrogens is 1. The van der Waals surface area contributed by atoms with Crippen molar-refractivity contribution in [3.63, 3.8) is 0 Å². The van der Waals surface area contributed by atoms with Gasteiger partial charge in [-0.15, -0.1) is 0 Å². The highest BCUT2D eigenvalue weighted by Gasteiger charge is 2.22. The molecule has 0 spiro atoms. The molecule has 2 heterocycles. The van der Waals surface area contributed by atoms with Crippen molar-refractivity contribution in [1.29, 1.82) is 0 Å². The zero-order valence-corrected chi connectivity index (χ0v) is 12.3. The number of hydrogen-bond acceptors (Lipinski definition) is 5. The molecule has 1 aromatic heterocycles. The van der Waals surface area contributed by atoms with Crippen LogP contribution in [-0.4, -0.2) is 59.8 Å². The van der Waals surface area contributed by atoms with Crippen molar-refractivity contribution in [1.82, 2.24) is 9.88 Å². The van der Waals surface area contributed by atoms with Crippen LogP contribution in [0.3, 0.4) is 0 Å². The first-order chi connectivity index (χ1) is 10.0. The molecule has 0 bridgehead atoms. The molecule has 7 nitrogen and oxygen atoms in total. The van der Waals surface area contributed by atoms with E-state index in [9.17, 15) is 9.59 Å². The van der Waals surface area contributed by atoms with E-state index in [2.05, 4.69) is 4.98 Å². The van der Waals surface area contributed by atoms with Crippen molar-refractivity contribution < 1.29 is 19.4 Å². The number of hydrogen-bond donors (Lipinski definition) is 1. The number of amides is 1.